The number of halogens is 1. The van der Waals surface area contributed by atoms with Crippen LogP contribution in [0.5, 0.6) is 0 Å². The van der Waals surface area contributed by atoms with E-state index in [2.05, 4.69) is 44.3 Å². The van der Waals surface area contributed by atoms with Gasteiger partial charge in [-0.2, -0.15) is 0 Å². The highest BCUT2D eigenvalue weighted by atomic mass is 127. The molecule has 0 spiro atoms. The van der Waals surface area contributed by atoms with E-state index in [1.54, 1.807) is 5.70 Å². The summed E-state index contributed by atoms with van der Waals surface area (Å²) in [5, 5.41) is 0. The second kappa shape index (κ2) is 6.46. The van der Waals surface area contributed by atoms with Crippen molar-refractivity contribution in [3.8, 4) is 0 Å². The molecule has 1 aromatic carbocycles. The van der Waals surface area contributed by atoms with Gasteiger partial charge in [0.15, 0.2) is 0 Å². The standard InChI is InChI=1S/C16H20NS2.HI/c1-12(13-8-4-3-5-9-13)17(2)15-11-7-6-10-14(15)16(18)19-17;/h3-5,8-9,12H,6-7,10-11H2,1-2H3;1H/q+1;/p-1. The van der Waals surface area contributed by atoms with Crippen molar-refractivity contribution in [1.29, 1.82) is 0 Å². The minimum Gasteiger partial charge on any atom is -1.00 e. The van der Waals surface area contributed by atoms with Gasteiger partial charge in [-0.15, -0.1) is 0 Å². The molecule has 1 aliphatic heterocycles. The second-order valence-corrected chi connectivity index (χ2v) is 7.60. The van der Waals surface area contributed by atoms with E-state index in [0.29, 0.717) is 6.04 Å². The molecule has 108 valence electrons. The molecule has 1 aromatic rings. The normalized spacial score (nSPS) is 27.0. The van der Waals surface area contributed by atoms with E-state index >= 15 is 0 Å². The summed E-state index contributed by atoms with van der Waals surface area (Å²) in [6.07, 6.45) is 5.03. The number of nitrogens with zero attached hydrogens (tertiary/aromatic N) is 1. The Kier molecular flexibility index (Phi) is 5.32. The summed E-state index contributed by atoms with van der Waals surface area (Å²) in [6.45, 7) is 2.33. The van der Waals surface area contributed by atoms with Crippen LogP contribution in [0.25, 0.3) is 0 Å². The SMILES string of the molecule is CC(c1ccccc1)[N+]1(C)SC(=S)C2=C1CCCC2.[I-]. The van der Waals surface area contributed by atoms with Gasteiger partial charge in [-0.05, 0) is 26.2 Å². The maximum Gasteiger partial charge on any atom is 0.138 e. The summed E-state index contributed by atoms with van der Waals surface area (Å²) in [5.41, 5.74) is 4.47. The van der Waals surface area contributed by atoms with Crippen LogP contribution in [0.1, 0.15) is 44.2 Å². The Labute approximate surface area is 148 Å². The molecule has 2 atom stereocenters. The first-order chi connectivity index (χ1) is 9.13. The zero-order chi connectivity index (χ0) is 13.5. The van der Waals surface area contributed by atoms with Gasteiger partial charge in [-0.1, -0.05) is 42.5 Å². The number of allylic oxidation sites excluding steroid dienone is 1. The van der Waals surface area contributed by atoms with Crippen LogP contribution in [0.15, 0.2) is 41.6 Å². The molecule has 0 bridgehead atoms. The maximum atomic E-state index is 5.62. The van der Waals surface area contributed by atoms with Crippen molar-refractivity contribution in [3.05, 3.63) is 47.2 Å². The van der Waals surface area contributed by atoms with E-state index in [4.69, 9.17) is 12.2 Å². The smallest absolute Gasteiger partial charge is 0.138 e. The molecule has 0 aromatic heterocycles. The fourth-order valence-corrected chi connectivity index (χ4v) is 5.16. The highest BCUT2D eigenvalue weighted by Gasteiger charge is 2.47. The first kappa shape index (κ1) is 16.5. The largest absolute Gasteiger partial charge is 1.00 e. The summed E-state index contributed by atoms with van der Waals surface area (Å²) in [4.78, 5) is 0. The van der Waals surface area contributed by atoms with Gasteiger partial charge in [0, 0.05) is 17.6 Å². The Bertz CT molecular complexity index is 541. The lowest BCUT2D eigenvalue weighted by atomic mass is 9.95. The summed E-state index contributed by atoms with van der Waals surface area (Å²) in [7, 11) is 2.34. The quantitative estimate of drug-likeness (QED) is 0.313. The fourth-order valence-electron chi connectivity index (χ4n) is 3.21. The van der Waals surface area contributed by atoms with Crippen molar-refractivity contribution in [2.45, 2.75) is 38.6 Å². The monoisotopic (exact) mass is 417 g/mol. The van der Waals surface area contributed by atoms with Gasteiger partial charge in [-0.25, -0.2) is 3.89 Å². The minimum absolute atomic E-state index is 0. The van der Waals surface area contributed by atoms with Crippen LogP contribution in [-0.4, -0.2) is 15.1 Å². The van der Waals surface area contributed by atoms with Gasteiger partial charge in [0.2, 0.25) is 0 Å². The first-order valence-electron chi connectivity index (χ1n) is 7.00. The van der Waals surface area contributed by atoms with Crippen molar-refractivity contribution >= 4 is 28.4 Å². The van der Waals surface area contributed by atoms with E-state index < -0.39 is 0 Å². The molecule has 4 heteroatoms. The van der Waals surface area contributed by atoms with Crippen molar-refractivity contribution in [2.24, 2.45) is 0 Å². The average molecular weight is 417 g/mol. The van der Waals surface area contributed by atoms with E-state index in [9.17, 15) is 0 Å². The molecule has 1 heterocycles. The van der Waals surface area contributed by atoms with Crippen molar-refractivity contribution in [1.82, 2.24) is 0 Å². The number of hydrogen-bond donors (Lipinski definition) is 0. The van der Waals surface area contributed by atoms with Crippen molar-refractivity contribution in [2.75, 3.05) is 7.05 Å². The first-order valence-corrected chi connectivity index (χ1v) is 8.19. The predicted octanol–water partition coefficient (Wildman–Crippen LogP) is 2.02. The van der Waals surface area contributed by atoms with Crippen molar-refractivity contribution < 1.29 is 27.9 Å². The molecule has 0 N–H and O–H groups in total. The van der Waals surface area contributed by atoms with Gasteiger partial charge >= 0.3 is 0 Å². The zero-order valence-electron chi connectivity index (χ0n) is 11.9. The van der Waals surface area contributed by atoms with E-state index in [1.165, 1.54) is 36.8 Å². The third-order valence-electron chi connectivity index (χ3n) is 4.51. The molecule has 0 saturated carbocycles. The van der Waals surface area contributed by atoms with Crippen LogP contribution in [0.4, 0.5) is 0 Å². The molecule has 1 nitrogen and oxygen atoms in total. The third-order valence-corrected chi connectivity index (χ3v) is 6.31. The lowest BCUT2D eigenvalue weighted by molar-refractivity contribution is -0.765. The van der Waals surface area contributed by atoms with Crippen LogP contribution < -0.4 is 24.0 Å². The third kappa shape index (κ3) is 2.72. The number of thiocarbonyl (C=S) groups is 1. The lowest BCUT2D eigenvalue weighted by Gasteiger charge is -2.36. The van der Waals surface area contributed by atoms with Crippen LogP contribution in [0.2, 0.25) is 0 Å². The topological polar surface area (TPSA) is 0 Å². The molecule has 20 heavy (non-hydrogen) atoms. The zero-order valence-corrected chi connectivity index (χ0v) is 15.7. The van der Waals surface area contributed by atoms with E-state index in [-0.39, 0.29) is 24.0 Å². The second-order valence-electron chi connectivity index (χ2n) is 5.59. The molecule has 0 saturated heterocycles. The Morgan fingerprint density at radius 1 is 1.15 bits per heavy atom. The highest BCUT2D eigenvalue weighted by Crippen LogP contribution is 2.52. The molecule has 3 rings (SSSR count). The number of rotatable bonds is 2. The summed E-state index contributed by atoms with van der Waals surface area (Å²) < 4.78 is 2.07. The fraction of sp³-hybridized carbons (Fsp3) is 0.438. The van der Waals surface area contributed by atoms with Crippen molar-refractivity contribution in [3.63, 3.8) is 0 Å². The van der Waals surface area contributed by atoms with E-state index in [1.807, 2.05) is 11.9 Å². The molecule has 2 unspecified atom stereocenters. The summed E-state index contributed by atoms with van der Waals surface area (Å²) in [6, 6.07) is 11.3. The number of quaternary nitrogens is 1. The summed E-state index contributed by atoms with van der Waals surface area (Å²) in [5.74, 6) is 0. The van der Waals surface area contributed by atoms with Gasteiger partial charge in [0.1, 0.15) is 27.9 Å². The summed E-state index contributed by atoms with van der Waals surface area (Å²) >= 11 is 7.50. The van der Waals surface area contributed by atoms with Gasteiger partial charge in [0.05, 0.1) is 7.05 Å². The maximum absolute atomic E-state index is 5.62. The predicted molar refractivity (Wildman–Crippen MR) is 86.7 cm³/mol. The number of hydrogen-bond acceptors (Lipinski definition) is 2. The Hall–Kier alpha value is 0.0900. The molecule has 0 amide bonds. The van der Waals surface area contributed by atoms with E-state index in [0.717, 1.165) is 8.08 Å². The molecule has 1 aliphatic carbocycles. The Morgan fingerprint density at radius 3 is 2.50 bits per heavy atom. The van der Waals surface area contributed by atoms with Crippen LogP contribution >= 0.6 is 24.2 Å². The van der Waals surface area contributed by atoms with Gasteiger partial charge in [-0.3, -0.25) is 0 Å². The average Bonchev–Trinajstić information content (AvgIpc) is 2.72. The van der Waals surface area contributed by atoms with Crippen LogP contribution in [0, 0.1) is 0 Å². The Balaban J connectivity index is 0.00000147. The molecule has 0 radical (unpaired) electrons. The lowest BCUT2D eigenvalue weighted by Crippen LogP contribution is -3.00. The molecular formula is C16H20INS2. The van der Waals surface area contributed by atoms with Crippen LogP contribution in [-0.2, 0) is 0 Å². The molecule has 0 fully saturated rings. The Morgan fingerprint density at radius 2 is 1.80 bits per heavy atom. The number of benzene rings is 1. The van der Waals surface area contributed by atoms with Crippen LogP contribution in [0.3, 0.4) is 0 Å². The molecule has 2 aliphatic rings. The van der Waals surface area contributed by atoms with Gasteiger partial charge < -0.3 is 24.0 Å². The molecular weight excluding hydrogens is 397 g/mol. The van der Waals surface area contributed by atoms with Gasteiger partial charge in [0.25, 0.3) is 0 Å². The highest BCUT2D eigenvalue weighted by molar-refractivity contribution is 8.20. The minimum atomic E-state index is 0.